The molecule has 0 aromatic heterocycles. The third-order valence-electron chi connectivity index (χ3n) is 3.18. The summed E-state index contributed by atoms with van der Waals surface area (Å²) in [7, 11) is 0. The first-order valence-electron chi connectivity index (χ1n) is 6.34. The molecule has 5 heteroatoms. The van der Waals surface area contributed by atoms with E-state index in [0.717, 1.165) is 24.3 Å². The van der Waals surface area contributed by atoms with E-state index in [1.165, 1.54) is 0 Å². The molecule has 0 spiro atoms. The number of carbonyl (C=O) groups excluding carboxylic acids is 1. The van der Waals surface area contributed by atoms with Crippen LogP contribution in [0.3, 0.4) is 0 Å². The molecule has 1 fully saturated rings. The lowest BCUT2D eigenvalue weighted by atomic mass is 9.81. The highest BCUT2D eigenvalue weighted by Crippen LogP contribution is 2.29. The number of nitrogens with one attached hydrogen (secondary N) is 1. The Kier molecular flexibility index (Phi) is 6.86. The van der Waals surface area contributed by atoms with Gasteiger partial charge in [-0.1, -0.05) is 12.5 Å². The highest BCUT2D eigenvalue weighted by atomic mass is 32.2. The van der Waals surface area contributed by atoms with Crippen LogP contribution in [0.1, 0.15) is 25.7 Å². The summed E-state index contributed by atoms with van der Waals surface area (Å²) in [6.07, 6.45) is 4.68. The largest absolute Gasteiger partial charge is 0.481 e. The van der Waals surface area contributed by atoms with Crippen LogP contribution in [-0.4, -0.2) is 35.0 Å². The number of aliphatic carboxylic acids is 1. The minimum Gasteiger partial charge on any atom is -0.481 e. The van der Waals surface area contributed by atoms with E-state index in [9.17, 15) is 9.59 Å². The number of rotatable bonds is 7. The minimum absolute atomic E-state index is 0.0140. The zero-order valence-electron chi connectivity index (χ0n) is 10.6. The van der Waals surface area contributed by atoms with E-state index >= 15 is 0 Å². The first-order chi connectivity index (χ1) is 8.65. The Morgan fingerprint density at radius 1 is 1.39 bits per heavy atom. The van der Waals surface area contributed by atoms with Gasteiger partial charge in [-0.2, -0.15) is 11.8 Å². The van der Waals surface area contributed by atoms with Crippen LogP contribution in [0, 0.1) is 11.8 Å². The van der Waals surface area contributed by atoms with Gasteiger partial charge >= 0.3 is 5.97 Å². The lowest BCUT2D eigenvalue weighted by Gasteiger charge is -2.25. The van der Waals surface area contributed by atoms with E-state index in [2.05, 4.69) is 11.9 Å². The molecule has 0 aromatic carbocycles. The topological polar surface area (TPSA) is 66.4 Å². The quantitative estimate of drug-likeness (QED) is 0.548. The Labute approximate surface area is 112 Å². The molecule has 0 radical (unpaired) electrons. The SMILES string of the molecule is C=CCSCCNC(=O)C1CCCC(C(=O)O)C1. The van der Waals surface area contributed by atoms with Crippen LogP contribution in [0.5, 0.6) is 0 Å². The van der Waals surface area contributed by atoms with Crippen LogP contribution in [0.2, 0.25) is 0 Å². The smallest absolute Gasteiger partial charge is 0.306 e. The first-order valence-corrected chi connectivity index (χ1v) is 7.49. The van der Waals surface area contributed by atoms with Gasteiger partial charge in [0.05, 0.1) is 5.92 Å². The summed E-state index contributed by atoms with van der Waals surface area (Å²) in [4.78, 5) is 22.8. The molecule has 1 aliphatic rings. The Bertz CT molecular complexity index is 307. The third kappa shape index (κ3) is 5.12. The second-order valence-electron chi connectivity index (χ2n) is 4.55. The molecule has 2 atom stereocenters. The molecule has 0 saturated heterocycles. The molecule has 0 aliphatic heterocycles. The van der Waals surface area contributed by atoms with Crippen molar-refractivity contribution in [1.29, 1.82) is 0 Å². The van der Waals surface area contributed by atoms with Gasteiger partial charge < -0.3 is 10.4 Å². The van der Waals surface area contributed by atoms with E-state index in [1.54, 1.807) is 11.8 Å². The Morgan fingerprint density at radius 3 is 2.78 bits per heavy atom. The van der Waals surface area contributed by atoms with Crippen LogP contribution < -0.4 is 5.32 Å². The van der Waals surface area contributed by atoms with E-state index < -0.39 is 5.97 Å². The highest BCUT2D eigenvalue weighted by Gasteiger charge is 2.30. The second-order valence-corrected chi connectivity index (χ2v) is 5.70. The number of amides is 1. The third-order valence-corrected chi connectivity index (χ3v) is 4.14. The van der Waals surface area contributed by atoms with E-state index in [-0.39, 0.29) is 17.7 Å². The van der Waals surface area contributed by atoms with Crippen LogP contribution in [0.4, 0.5) is 0 Å². The molecule has 18 heavy (non-hydrogen) atoms. The van der Waals surface area contributed by atoms with Gasteiger partial charge in [0.1, 0.15) is 0 Å². The van der Waals surface area contributed by atoms with Crippen LogP contribution >= 0.6 is 11.8 Å². The van der Waals surface area contributed by atoms with Gasteiger partial charge in [-0.25, -0.2) is 0 Å². The number of carboxylic acid groups (broad SMARTS) is 1. The molecule has 0 bridgehead atoms. The number of carbonyl (C=O) groups is 2. The van der Waals surface area contributed by atoms with Crippen molar-refractivity contribution in [2.24, 2.45) is 11.8 Å². The summed E-state index contributed by atoms with van der Waals surface area (Å²) < 4.78 is 0. The van der Waals surface area contributed by atoms with Gasteiger partial charge in [-0.3, -0.25) is 9.59 Å². The number of thioether (sulfide) groups is 1. The van der Waals surface area contributed by atoms with Crippen molar-refractivity contribution in [3.63, 3.8) is 0 Å². The lowest BCUT2D eigenvalue weighted by Crippen LogP contribution is -2.36. The van der Waals surface area contributed by atoms with Crippen LogP contribution in [-0.2, 0) is 9.59 Å². The number of hydrogen-bond donors (Lipinski definition) is 2. The Balaban J connectivity index is 2.24. The maximum atomic E-state index is 11.9. The van der Waals surface area contributed by atoms with Gasteiger partial charge in [0, 0.05) is 24.0 Å². The van der Waals surface area contributed by atoms with Crippen LogP contribution in [0.15, 0.2) is 12.7 Å². The van der Waals surface area contributed by atoms with Gasteiger partial charge in [0.25, 0.3) is 0 Å². The van der Waals surface area contributed by atoms with Gasteiger partial charge in [0.15, 0.2) is 0 Å². The first kappa shape index (κ1) is 15.1. The van der Waals surface area contributed by atoms with Crippen molar-refractivity contribution in [1.82, 2.24) is 5.32 Å². The molecular formula is C13H21NO3S. The number of carboxylic acids is 1. The average Bonchev–Trinajstić information content (AvgIpc) is 2.38. The Hall–Kier alpha value is -0.970. The van der Waals surface area contributed by atoms with E-state index in [1.807, 2.05) is 6.08 Å². The maximum absolute atomic E-state index is 11.9. The molecule has 4 nitrogen and oxygen atoms in total. The fraction of sp³-hybridized carbons (Fsp3) is 0.692. The monoisotopic (exact) mass is 271 g/mol. The van der Waals surface area contributed by atoms with E-state index in [0.29, 0.717) is 19.4 Å². The van der Waals surface area contributed by atoms with E-state index in [4.69, 9.17) is 5.11 Å². The summed E-state index contributed by atoms with van der Waals surface area (Å²) in [5.74, 6) is 0.538. The fourth-order valence-corrected chi connectivity index (χ4v) is 2.79. The summed E-state index contributed by atoms with van der Waals surface area (Å²) in [6, 6.07) is 0. The summed E-state index contributed by atoms with van der Waals surface area (Å²) in [5, 5.41) is 11.9. The molecule has 0 heterocycles. The number of hydrogen-bond acceptors (Lipinski definition) is 3. The summed E-state index contributed by atoms with van der Waals surface area (Å²) in [5.41, 5.74) is 0. The fourth-order valence-electron chi connectivity index (χ4n) is 2.21. The summed E-state index contributed by atoms with van der Waals surface area (Å²) in [6.45, 7) is 4.27. The van der Waals surface area contributed by atoms with Crippen molar-refractivity contribution < 1.29 is 14.7 Å². The predicted molar refractivity (Wildman–Crippen MR) is 73.6 cm³/mol. The van der Waals surface area contributed by atoms with Gasteiger partial charge in [-0.05, 0) is 19.3 Å². The normalized spacial score (nSPS) is 23.3. The van der Waals surface area contributed by atoms with Crippen molar-refractivity contribution in [2.45, 2.75) is 25.7 Å². The molecule has 1 aliphatic carbocycles. The maximum Gasteiger partial charge on any atom is 0.306 e. The zero-order valence-corrected chi connectivity index (χ0v) is 11.4. The van der Waals surface area contributed by atoms with Crippen molar-refractivity contribution >= 4 is 23.6 Å². The molecule has 0 aromatic rings. The predicted octanol–water partition coefficient (Wildman–Crippen LogP) is 1.91. The molecule has 2 N–H and O–H groups in total. The molecule has 1 saturated carbocycles. The lowest BCUT2D eigenvalue weighted by molar-refractivity contribution is -0.144. The Morgan fingerprint density at radius 2 is 2.11 bits per heavy atom. The van der Waals surface area contributed by atoms with Crippen molar-refractivity contribution in [3.05, 3.63) is 12.7 Å². The molecular weight excluding hydrogens is 250 g/mol. The highest BCUT2D eigenvalue weighted by molar-refractivity contribution is 7.99. The molecule has 2 unspecified atom stereocenters. The standard InChI is InChI=1S/C13H21NO3S/c1-2-7-18-8-6-14-12(15)10-4-3-5-11(9-10)13(16)17/h2,10-11H,1,3-9H2,(H,14,15)(H,16,17). The minimum atomic E-state index is -0.769. The molecule has 1 rings (SSSR count). The van der Waals surface area contributed by atoms with Crippen molar-refractivity contribution in [3.8, 4) is 0 Å². The second kappa shape index (κ2) is 8.19. The molecule has 1 amide bonds. The zero-order chi connectivity index (χ0) is 13.4. The average molecular weight is 271 g/mol. The summed E-state index contributed by atoms with van der Waals surface area (Å²) >= 11 is 1.72. The van der Waals surface area contributed by atoms with Gasteiger partial charge in [-0.15, -0.1) is 6.58 Å². The molecule has 102 valence electrons. The van der Waals surface area contributed by atoms with Crippen molar-refractivity contribution in [2.75, 3.05) is 18.1 Å². The van der Waals surface area contributed by atoms with Crippen LogP contribution in [0.25, 0.3) is 0 Å². The van der Waals surface area contributed by atoms with Gasteiger partial charge in [0.2, 0.25) is 5.91 Å².